The van der Waals surface area contributed by atoms with Gasteiger partial charge in [-0.25, -0.2) is 9.78 Å². The van der Waals surface area contributed by atoms with Gasteiger partial charge in [-0.2, -0.15) is 13.2 Å². The van der Waals surface area contributed by atoms with E-state index < -0.39 is 17.7 Å². The van der Waals surface area contributed by atoms with Gasteiger partial charge in [-0.3, -0.25) is 0 Å². The van der Waals surface area contributed by atoms with E-state index in [-0.39, 0.29) is 29.4 Å². The zero-order chi connectivity index (χ0) is 22.5. The van der Waals surface area contributed by atoms with Gasteiger partial charge in [-0.1, -0.05) is 11.6 Å². The van der Waals surface area contributed by atoms with E-state index in [2.05, 4.69) is 4.98 Å². The number of carbonyl (C=O) groups is 1. The molecule has 5 nitrogen and oxygen atoms in total. The third-order valence-corrected chi connectivity index (χ3v) is 3.94. The Morgan fingerprint density at radius 1 is 1.27 bits per heavy atom. The number of rotatable bonds is 7. The highest BCUT2D eigenvalue weighted by Gasteiger charge is 2.32. The Morgan fingerprint density at radius 2 is 1.97 bits per heavy atom. The zero-order valence-corrected chi connectivity index (χ0v) is 17.6. The normalized spacial score (nSPS) is 12.1. The molecule has 1 heterocycles. The molecule has 0 N–H and O–H groups in total. The standard InChI is InChI=1S/C21H21ClF3NO4/c1-5-28-20(27)13(4)8-14-6-7-16(29-12(2)3)10-18(14)30-19-17(22)9-15(11-26-19)21(23,24)25/h6-12H,5H2,1-4H3. The summed E-state index contributed by atoms with van der Waals surface area (Å²) in [6.07, 6.45) is -2.53. The molecule has 0 unspecified atom stereocenters. The summed E-state index contributed by atoms with van der Waals surface area (Å²) in [5.74, 6) is -0.0497. The average molecular weight is 444 g/mol. The molecule has 2 aromatic rings. The van der Waals surface area contributed by atoms with Crippen LogP contribution in [0.1, 0.15) is 38.8 Å². The summed E-state index contributed by atoms with van der Waals surface area (Å²) in [6, 6.07) is 5.60. The minimum Gasteiger partial charge on any atom is -0.491 e. The van der Waals surface area contributed by atoms with Gasteiger partial charge >= 0.3 is 12.1 Å². The number of aromatic nitrogens is 1. The molecule has 0 spiro atoms. The van der Waals surface area contributed by atoms with Gasteiger partial charge in [0.05, 0.1) is 18.3 Å². The molecule has 1 aromatic heterocycles. The van der Waals surface area contributed by atoms with Crippen LogP contribution in [0, 0.1) is 0 Å². The molecule has 9 heteroatoms. The van der Waals surface area contributed by atoms with Crippen LogP contribution in [0.3, 0.4) is 0 Å². The van der Waals surface area contributed by atoms with Crippen LogP contribution in [0.25, 0.3) is 6.08 Å². The lowest BCUT2D eigenvalue weighted by atomic mass is 10.1. The maximum absolute atomic E-state index is 12.8. The monoisotopic (exact) mass is 443 g/mol. The molecule has 1 aromatic carbocycles. The number of carbonyl (C=O) groups excluding carboxylic acids is 1. The average Bonchev–Trinajstić information content (AvgIpc) is 2.64. The molecule has 2 rings (SSSR count). The van der Waals surface area contributed by atoms with Gasteiger partial charge in [0.2, 0.25) is 5.88 Å². The summed E-state index contributed by atoms with van der Waals surface area (Å²) >= 11 is 5.95. The summed E-state index contributed by atoms with van der Waals surface area (Å²) in [5, 5.41) is -0.308. The zero-order valence-electron chi connectivity index (χ0n) is 16.8. The van der Waals surface area contributed by atoms with Gasteiger partial charge < -0.3 is 14.2 Å². The number of esters is 1. The number of hydrogen-bond acceptors (Lipinski definition) is 5. The van der Waals surface area contributed by atoms with E-state index in [1.165, 1.54) is 6.08 Å². The highest BCUT2D eigenvalue weighted by molar-refractivity contribution is 6.31. The third-order valence-electron chi connectivity index (χ3n) is 3.67. The molecule has 0 aliphatic carbocycles. The lowest BCUT2D eigenvalue weighted by molar-refractivity contribution is -0.139. The molecule has 162 valence electrons. The number of nitrogens with zero attached hydrogens (tertiary/aromatic N) is 1. The lowest BCUT2D eigenvalue weighted by Gasteiger charge is -2.15. The fraction of sp³-hybridized carbons (Fsp3) is 0.333. The summed E-state index contributed by atoms with van der Waals surface area (Å²) in [5.41, 5.74) is -0.213. The second kappa shape index (κ2) is 9.84. The van der Waals surface area contributed by atoms with E-state index in [1.807, 2.05) is 13.8 Å². The van der Waals surface area contributed by atoms with Crippen LogP contribution in [0.15, 0.2) is 36.0 Å². The van der Waals surface area contributed by atoms with Crippen LogP contribution in [0.4, 0.5) is 13.2 Å². The summed E-state index contributed by atoms with van der Waals surface area (Å²) < 4.78 is 54.8. The molecule has 0 aliphatic rings. The first-order chi connectivity index (χ1) is 14.0. The van der Waals surface area contributed by atoms with Crippen molar-refractivity contribution in [3.8, 4) is 17.4 Å². The number of pyridine rings is 1. The Kier molecular flexibility index (Phi) is 7.72. The van der Waals surface area contributed by atoms with Crippen LogP contribution in [-0.2, 0) is 15.7 Å². The predicted octanol–water partition coefficient (Wildman–Crippen LogP) is 6.30. The van der Waals surface area contributed by atoms with Crippen molar-refractivity contribution in [1.82, 2.24) is 4.98 Å². The maximum Gasteiger partial charge on any atom is 0.417 e. The lowest BCUT2D eigenvalue weighted by Crippen LogP contribution is -2.07. The summed E-state index contributed by atoms with van der Waals surface area (Å²) in [7, 11) is 0. The first kappa shape index (κ1) is 23.5. The molecule has 30 heavy (non-hydrogen) atoms. The Morgan fingerprint density at radius 3 is 2.53 bits per heavy atom. The number of alkyl halides is 3. The van der Waals surface area contributed by atoms with Crippen molar-refractivity contribution >= 4 is 23.6 Å². The Labute approximate surface area is 177 Å². The second-order valence-electron chi connectivity index (χ2n) is 6.52. The number of hydrogen-bond donors (Lipinski definition) is 0. The van der Waals surface area contributed by atoms with E-state index in [0.29, 0.717) is 23.1 Å². The third kappa shape index (κ3) is 6.38. The number of benzene rings is 1. The Balaban J connectivity index is 2.45. The Bertz CT molecular complexity index is 942. The van der Waals surface area contributed by atoms with E-state index in [0.717, 1.165) is 6.07 Å². The minimum absolute atomic E-state index is 0.117. The maximum atomic E-state index is 12.8. The van der Waals surface area contributed by atoms with Gasteiger partial charge in [0, 0.05) is 23.4 Å². The van der Waals surface area contributed by atoms with E-state index >= 15 is 0 Å². The molecule has 0 bridgehead atoms. The highest BCUT2D eigenvalue weighted by atomic mass is 35.5. The first-order valence-electron chi connectivity index (χ1n) is 9.08. The largest absolute Gasteiger partial charge is 0.491 e. The van der Waals surface area contributed by atoms with E-state index in [9.17, 15) is 18.0 Å². The molecule has 0 amide bonds. The fourth-order valence-electron chi connectivity index (χ4n) is 2.36. The number of ether oxygens (including phenoxy) is 3. The smallest absolute Gasteiger partial charge is 0.417 e. The number of halogens is 4. The molecule has 0 aliphatic heterocycles. The van der Waals surface area contributed by atoms with Crippen LogP contribution in [0.5, 0.6) is 17.4 Å². The first-order valence-corrected chi connectivity index (χ1v) is 9.45. The fourth-order valence-corrected chi connectivity index (χ4v) is 2.57. The molecule has 0 atom stereocenters. The van der Waals surface area contributed by atoms with Gasteiger partial charge in [0.15, 0.2) is 0 Å². The van der Waals surface area contributed by atoms with Crippen molar-refractivity contribution in [3.63, 3.8) is 0 Å². The molecule has 0 radical (unpaired) electrons. The van der Waals surface area contributed by atoms with E-state index in [4.69, 9.17) is 25.8 Å². The van der Waals surface area contributed by atoms with Crippen molar-refractivity contribution in [2.24, 2.45) is 0 Å². The van der Waals surface area contributed by atoms with Gasteiger partial charge in [0.1, 0.15) is 16.5 Å². The van der Waals surface area contributed by atoms with Crippen molar-refractivity contribution < 1.29 is 32.2 Å². The molecule has 0 fully saturated rings. The quantitative estimate of drug-likeness (QED) is 0.371. The van der Waals surface area contributed by atoms with Gasteiger partial charge in [-0.05, 0) is 52.0 Å². The summed E-state index contributed by atoms with van der Waals surface area (Å²) in [6.45, 7) is 7.17. The van der Waals surface area contributed by atoms with Crippen LogP contribution in [-0.4, -0.2) is 23.7 Å². The minimum atomic E-state index is -4.58. The van der Waals surface area contributed by atoms with Crippen LogP contribution >= 0.6 is 11.6 Å². The topological polar surface area (TPSA) is 57.7 Å². The van der Waals surface area contributed by atoms with Crippen molar-refractivity contribution in [2.75, 3.05) is 6.61 Å². The van der Waals surface area contributed by atoms with E-state index in [1.54, 1.807) is 32.0 Å². The highest BCUT2D eigenvalue weighted by Crippen LogP contribution is 2.37. The van der Waals surface area contributed by atoms with Crippen molar-refractivity contribution in [1.29, 1.82) is 0 Å². The van der Waals surface area contributed by atoms with Gasteiger partial charge in [0.25, 0.3) is 0 Å². The van der Waals surface area contributed by atoms with Crippen LogP contribution < -0.4 is 9.47 Å². The predicted molar refractivity (Wildman–Crippen MR) is 107 cm³/mol. The molecular weight excluding hydrogens is 423 g/mol. The summed E-state index contributed by atoms with van der Waals surface area (Å²) in [4.78, 5) is 15.6. The Hall–Kier alpha value is -2.74. The molecule has 0 saturated heterocycles. The SMILES string of the molecule is CCOC(=O)C(C)=Cc1ccc(OC(C)C)cc1Oc1ncc(C(F)(F)F)cc1Cl. The second-order valence-corrected chi connectivity index (χ2v) is 6.93. The molecular formula is C21H21ClF3NO4. The van der Waals surface area contributed by atoms with Crippen molar-refractivity contribution in [3.05, 3.63) is 52.2 Å². The van der Waals surface area contributed by atoms with Crippen molar-refractivity contribution in [2.45, 2.75) is 40.0 Å². The van der Waals surface area contributed by atoms with Gasteiger partial charge in [-0.15, -0.1) is 0 Å². The van der Waals surface area contributed by atoms with Crippen LogP contribution in [0.2, 0.25) is 5.02 Å². The molecule has 0 saturated carbocycles.